The summed E-state index contributed by atoms with van der Waals surface area (Å²) in [5.41, 5.74) is 0. The second-order valence-corrected chi connectivity index (χ2v) is 5.16. The number of piperazine rings is 1. The van der Waals surface area contributed by atoms with Gasteiger partial charge in [0.05, 0.1) is 0 Å². The van der Waals surface area contributed by atoms with Crippen molar-refractivity contribution >= 4 is 11.8 Å². The summed E-state index contributed by atoms with van der Waals surface area (Å²) in [6, 6.07) is -0.672. The Hall–Kier alpha value is -1.06. The topological polar surface area (TPSA) is 49.4 Å². The smallest absolute Gasteiger partial charge is 0.245 e. The van der Waals surface area contributed by atoms with Crippen LogP contribution < -0.4 is 5.32 Å². The molecule has 0 aromatic rings. The maximum Gasteiger partial charge on any atom is 0.245 e. The Bertz CT molecular complexity index is 289. The summed E-state index contributed by atoms with van der Waals surface area (Å²) in [4.78, 5) is 25.8. The van der Waals surface area contributed by atoms with Crippen molar-refractivity contribution in [3.8, 4) is 0 Å². The van der Waals surface area contributed by atoms with Crippen molar-refractivity contribution in [2.24, 2.45) is 5.92 Å². The normalized spacial score (nSPS) is 25.4. The molecule has 98 valence electrons. The van der Waals surface area contributed by atoms with E-state index in [0.29, 0.717) is 6.54 Å². The standard InChI is InChI=1S/C13H24N2O2/c1-5-6-7-8-15-11(9(2)3)12(16)14-10(4)13(15)17/h9-11H,5-8H2,1-4H3,(H,14,16). The molecule has 1 fully saturated rings. The first kappa shape index (κ1) is 14.0. The molecule has 2 amide bonds. The van der Waals surface area contributed by atoms with Crippen LogP contribution in [-0.4, -0.2) is 35.3 Å². The van der Waals surface area contributed by atoms with Crippen LogP contribution in [0.15, 0.2) is 0 Å². The Balaban J connectivity index is 2.75. The van der Waals surface area contributed by atoms with Gasteiger partial charge in [0.15, 0.2) is 0 Å². The fourth-order valence-electron chi connectivity index (χ4n) is 2.33. The fraction of sp³-hybridized carbons (Fsp3) is 0.846. The molecule has 0 saturated carbocycles. The minimum absolute atomic E-state index is 0.0106. The molecule has 4 nitrogen and oxygen atoms in total. The van der Waals surface area contributed by atoms with Gasteiger partial charge in [-0.15, -0.1) is 0 Å². The van der Waals surface area contributed by atoms with E-state index in [-0.39, 0.29) is 29.8 Å². The number of unbranched alkanes of at least 4 members (excludes halogenated alkanes) is 2. The SMILES string of the molecule is CCCCCN1C(=O)C(C)NC(=O)C1C(C)C. The highest BCUT2D eigenvalue weighted by Gasteiger charge is 2.39. The number of carbonyl (C=O) groups excluding carboxylic acids is 2. The van der Waals surface area contributed by atoms with Gasteiger partial charge < -0.3 is 10.2 Å². The summed E-state index contributed by atoms with van der Waals surface area (Å²) >= 11 is 0. The van der Waals surface area contributed by atoms with Crippen molar-refractivity contribution in [1.29, 1.82) is 0 Å². The number of rotatable bonds is 5. The molecule has 0 aromatic heterocycles. The van der Waals surface area contributed by atoms with Crippen molar-refractivity contribution in [1.82, 2.24) is 10.2 Å². The highest BCUT2D eigenvalue weighted by Crippen LogP contribution is 2.18. The van der Waals surface area contributed by atoms with Crippen LogP contribution >= 0.6 is 0 Å². The van der Waals surface area contributed by atoms with Crippen LogP contribution in [0.1, 0.15) is 47.0 Å². The van der Waals surface area contributed by atoms with E-state index in [1.807, 2.05) is 13.8 Å². The highest BCUT2D eigenvalue weighted by atomic mass is 16.2. The Labute approximate surface area is 104 Å². The minimum Gasteiger partial charge on any atom is -0.343 e. The maximum absolute atomic E-state index is 12.1. The molecular weight excluding hydrogens is 216 g/mol. The summed E-state index contributed by atoms with van der Waals surface area (Å²) in [5.74, 6) is 0.205. The van der Waals surface area contributed by atoms with Crippen LogP contribution in [0.5, 0.6) is 0 Å². The van der Waals surface area contributed by atoms with E-state index in [1.165, 1.54) is 0 Å². The molecular formula is C13H24N2O2. The van der Waals surface area contributed by atoms with Crippen LogP contribution in [0.3, 0.4) is 0 Å². The van der Waals surface area contributed by atoms with Gasteiger partial charge in [0, 0.05) is 6.54 Å². The average Bonchev–Trinajstić information content (AvgIpc) is 2.24. The third-order valence-electron chi connectivity index (χ3n) is 3.25. The fourth-order valence-corrected chi connectivity index (χ4v) is 2.33. The minimum atomic E-state index is -0.376. The van der Waals surface area contributed by atoms with Gasteiger partial charge in [-0.3, -0.25) is 9.59 Å². The molecule has 4 heteroatoms. The van der Waals surface area contributed by atoms with E-state index < -0.39 is 0 Å². The summed E-state index contributed by atoms with van der Waals surface area (Å²) in [7, 11) is 0. The summed E-state index contributed by atoms with van der Waals surface area (Å²) < 4.78 is 0. The van der Waals surface area contributed by atoms with E-state index in [2.05, 4.69) is 12.2 Å². The largest absolute Gasteiger partial charge is 0.343 e. The molecule has 1 aliphatic rings. The predicted molar refractivity (Wildman–Crippen MR) is 67.5 cm³/mol. The van der Waals surface area contributed by atoms with E-state index >= 15 is 0 Å². The van der Waals surface area contributed by atoms with Gasteiger partial charge in [-0.1, -0.05) is 33.6 Å². The molecule has 1 N–H and O–H groups in total. The third kappa shape index (κ3) is 3.20. The molecule has 0 spiro atoms. The van der Waals surface area contributed by atoms with Gasteiger partial charge in [0.1, 0.15) is 12.1 Å². The molecule has 2 atom stereocenters. The summed E-state index contributed by atoms with van der Waals surface area (Å²) in [5, 5.41) is 2.75. The second-order valence-electron chi connectivity index (χ2n) is 5.16. The third-order valence-corrected chi connectivity index (χ3v) is 3.25. The summed E-state index contributed by atoms with van der Waals surface area (Å²) in [6.45, 7) is 8.56. The number of nitrogens with zero attached hydrogens (tertiary/aromatic N) is 1. The van der Waals surface area contributed by atoms with Gasteiger partial charge in [-0.05, 0) is 19.3 Å². The lowest BCUT2D eigenvalue weighted by atomic mass is 9.97. The first-order valence-electron chi connectivity index (χ1n) is 6.59. The lowest BCUT2D eigenvalue weighted by Gasteiger charge is -2.40. The van der Waals surface area contributed by atoms with Crippen molar-refractivity contribution in [3.05, 3.63) is 0 Å². The molecule has 0 bridgehead atoms. The highest BCUT2D eigenvalue weighted by molar-refractivity contribution is 5.96. The second kappa shape index (κ2) is 6.03. The lowest BCUT2D eigenvalue weighted by Crippen LogP contribution is -2.64. The number of amides is 2. The van der Waals surface area contributed by atoms with Crippen LogP contribution in [0.4, 0.5) is 0 Å². The van der Waals surface area contributed by atoms with Crippen LogP contribution in [0.2, 0.25) is 0 Å². The van der Waals surface area contributed by atoms with Crippen molar-refractivity contribution in [2.45, 2.75) is 59.0 Å². The average molecular weight is 240 g/mol. The van der Waals surface area contributed by atoms with Gasteiger partial charge in [0.2, 0.25) is 11.8 Å². The Morgan fingerprint density at radius 1 is 1.29 bits per heavy atom. The van der Waals surface area contributed by atoms with Crippen molar-refractivity contribution < 1.29 is 9.59 Å². The zero-order valence-electron chi connectivity index (χ0n) is 11.3. The number of hydrogen-bond acceptors (Lipinski definition) is 2. The number of carbonyl (C=O) groups is 2. The molecule has 1 heterocycles. The Kier molecular flexibility index (Phi) is 4.97. The van der Waals surface area contributed by atoms with Crippen LogP contribution in [0.25, 0.3) is 0 Å². The predicted octanol–water partition coefficient (Wildman–Crippen LogP) is 1.55. The zero-order valence-corrected chi connectivity index (χ0v) is 11.3. The van der Waals surface area contributed by atoms with Gasteiger partial charge >= 0.3 is 0 Å². The monoisotopic (exact) mass is 240 g/mol. The molecule has 1 saturated heterocycles. The lowest BCUT2D eigenvalue weighted by molar-refractivity contribution is -0.150. The van der Waals surface area contributed by atoms with Crippen LogP contribution in [-0.2, 0) is 9.59 Å². The quantitative estimate of drug-likeness (QED) is 0.741. The first-order chi connectivity index (χ1) is 7.99. The Morgan fingerprint density at radius 3 is 2.47 bits per heavy atom. The van der Waals surface area contributed by atoms with Crippen LogP contribution in [0, 0.1) is 5.92 Å². The number of hydrogen-bond donors (Lipinski definition) is 1. The first-order valence-corrected chi connectivity index (χ1v) is 6.59. The molecule has 2 unspecified atom stereocenters. The molecule has 1 rings (SSSR count). The van der Waals surface area contributed by atoms with Gasteiger partial charge in [-0.2, -0.15) is 0 Å². The zero-order chi connectivity index (χ0) is 13.0. The maximum atomic E-state index is 12.1. The van der Waals surface area contributed by atoms with E-state index in [4.69, 9.17) is 0 Å². The summed E-state index contributed by atoms with van der Waals surface area (Å²) in [6.07, 6.45) is 3.20. The van der Waals surface area contributed by atoms with Crippen molar-refractivity contribution in [2.75, 3.05) is 6.54 Å². The van der Waals surface area contributed by atoms with Crippen molar-refractivity contribution in [3.63, 3.8) is 0 Å². The Morgan fingerprint density at radius 2 is 1.94 bits per heavy atom. The van der Waals surface area contributed by atoms with E-state index in [0.717, 1.165) is 19.3 Å². The van der Waals surface area contributed by atoms with Gasteiger partial charge in [-0.25, -0.2) is 0 Å². The number of nitrogens with one attached hydrogen (secondary N) is 1. The van der Waals surface area contributed by atoms with Gasteiger partial charge in [0.25, 0.3) is 0 Å². The van der Waals surface area contributed by atoms with E-state index in [9.17, 15) is 9.59 Å². The van der Waals surface area contributed by atoms with E-state index in [1.54, 1.807) is 11.8 Å². The molecule has 0 aromatic carbocycles. The molecule has 0 radical (unpaired) electrons. The molecule has 17 heavy (non-hydrogen) atoms. The molecule has 0 aliphatic carbocycles. The molecule has 1 aliphatic heterocycles.